The van der Waals surface area contributed by atoms with Gasteiger partial charge in [-0.25, -0.2) is 9.78 Å². The summed E-state index contributed by atoms with van der Waals surface area (Å²) in [5, 5.41) is 11.9. The molecular weight excluding hydrogens is 282 g/mol. The second kappa shape index (κ2) is 5.63. The van der Waals surface area contributed by atoms with Gasteiger partial charge in [0.15, 0.2) is 0 Å². The third kappa shape index (κ3) is 3.27. The highest BCUT2D eigenvalue weighted by Gasteiger charge is 2.12. The molecule has 0 radical (unpaired) electrons. The smallest absolute Gasteiger partial charge is 0.335 e. The van der Waals surface area contributed by atoms with Crippen molar-refractivity contribution in [3.05, 3.63) is 45.4 Å². The summed E-state index contributed by atoms with van der Waals surface area (Å²) in [5.41, 5.74) is 1.64. The van der Waals surface area contributed by atoms with Gasteiger partial charge in [-0.2, -0.15) is 0 Å². The minimum absolute atomic E-state index is 0.195. The average molecular weight is 295 g/mol. The van der Waals surface area contributed by atoms with Crippen LogP contribution in [0.15, 0.2) is 28.5 Å². The van der Waals surface area contributed by atoms with Crippen molar-refractivity contribution < 1.29 is 14.1 Å². The van der Waals surface area contributed by atoms with E-state index < -0.39 is 16.8 Å². The molecule has 0 fully saturated rings. The van der Waals surface area contributed by atoms with Crippen LogP contribution in [0.4, 0.5) is 0 Å². The number of aryl methyl sites for hydroxylation is 2. The zero-order valence-electron chi connectivity index (χ0n) is 10.5. The van der Waals surface area contributed by atoms with Crippen LogP contribution in [-0.2, 0) is 16.6 Å². The first-order chi connectivity index (χ1) is 8.97. The minimum Gasteiger partial charge on any atom is -0.478 e. The minimum atomic E-state index is -1.28. The van der Waals surface area contributed by atoms with E-state index in [1.807, 2.05) is 12.3 Å². The molecule has 1 unspecified atom stereocenters. The van der Waals surface area contributed by atoms with Crippen LogP contribution in [0.2, 0.25) is 0 Å². The maximum atomic E-state index is 12.2. The Kier molecular flexibility index (Phi) is 4.11. The summed E-state index contributed by atoms with van der Waals surface area (Å²) in [7, 11) is -1.28. The van der Waals surface area contributed by atoms with Crippen LogP contribution in [0, 0.1) is 13.8 Å². The van der Waals surface area contributed by atoms with Gasteiger partial charge in [0, 0.05) is 10.3 Å². The van der Waals surface area contributed by atoms with Gasteiger partial charge in [0.1, 0.15) is 0 Å². The van der Waals surface area contributed by atoms with Crippen molar-refractivity contribution in [1.29, 1.82) is 0 Å². The Morgan fingerprint density at radius 2 is 2.16 bits per heavy atom. The molecule has 1 heterocycles. The zero-order chi connectivity index (χ0) is 14.0. The third-order valence-electron chi connectivity index (χ3n) is 2.65. The Labute approximate surface area is 117 Å². The van der Waals surface area contributed by atoms with Crippen molar-refractivity contribution in [1.82, 2.24) is 4.98 Å². The summed E-state index contributed by atoms with van der Waals surface area (Å²) >= 11 is 1.51. The van der Waals surface area contributed by atoms with Crippen molar-refractivity contribution in [2.75, 3.05) is 0 Å². The number of aromatic carboxylic acids is 1. The normalized spacial score (nSPS) is 12.3. The van der Waals surface area contributed by atoms with E-state index in [1.165, 1.54) is 17.4 Å². The fraction of sp³-hybridized carbons (Fsp3) is 0.231. The van der Waals surface area contributed by atoms with Crippen LogP contribution in [0.5, 0.6) is 0 Å². The molecule has 1 aromatic carbocycles. The van der Waals surface area contributed by atoms with Crippen molar-refractivity contribution in [2.45, 2.75) is 24.5 Å². The number of rotatable bonds is 4. The molecule has 0 saturated carbocycles. The summed E-state index contributed by atoms with van der Waals surface area (Å²) < 4.78 is 12.2. The highest BCUT2D eigenvalue weighted by atomic mass is 32.2. The number of thiazole rings is 1. The molecule has 0 amide bonds. The Hall–Kier alpha value is -1.53. The number of aromatic nitrogens is 1. The van der Waals surface area contributed by atoms with E-state index in [0.29, 0.717) is 16.2 Å². The van der Waals surface area contributed by atoms with E-state index in [2.05, 4.69) is 4.98 Å². The molecule has 0 aliphatic heterocycles. The predicted octanol–water partition coefficient (Wildman–Crippen LogP) is 2.77. The molecule has 1 N–H and O–H groups in total. The number of benzene rings is 1. The highest BCUT2D eigenvalue weighted by molar-refractivity contribution is 7.84. The van der Waals surface area contributed by atoms with Crippen LogP contribution in [0.25, 0.3) is 0 Å². The number of carboxylic acids is 1. The second-order valence-electron chi connectivity index (χ2n) is 4.13. The van der Waals surface area contributed by atoms with Gasteiger partial charge >= 0.3 is 5.97 Å². The van der Waals surface area contributed by atoms with Gasteiger partial charge < -0.3 is 5.11 Å². The lowest BCUT2D eigenvalue weighted by Crippen LogP contribution is -2.03. The van der Waals surface area contributed by atoms with Gasteiger partial charge in [0.2, 0.25) is 0 Å². The molecule has 2 rings (SSSR count). The predicted molar refractivity (Wildman–Crippen MR) is 75.1 cm³/mol. The molecule has 0 spiro atoms. The van der Waals surface area contributed by atoms with Crippen LogP contribution >= 0.6 is 11.3 Å². The van der Waals surface area contributed by atoms with Crippen LogP contribution in [0.3, 0.4) is 0 Å². The third-order valence-corrected chi connectivity index (χ3v) is 4.81. The van der Waals surface area contributed by atoms with E-state index in [0.717, 1.165) is 10.7 Å². The molecule has 0 bridgehead atoms. The van der Waals surface area contributed by atoms with Gasteiger partial charge in [-0.3, -0.25) is 4.21 Å². The lowest BCUT2D eigenvalue weighted by Gasteiger charge is -2.05. The number of hydrogen-bond donors (Lipinski definition) is 1. The summed E-state index contributed by atoms with van der Waals surface area (Å²) in [5.74, 6) is -0.687. The van der Waals surface area contributed by atoms with Gasteiger partial charge in [0.25, 0.3) is 0 Å². The van der Waals surface area contributed by atoms with E-state index in [4.69, 9.17) is 5.11 Å². The highest BCUT2D eigenvalue weighted by Crippen LogP contribution is 2.18. The number of carbonyl (C=O) groups is 1. The molecular formula is C13H13NO3S2. The Balaban J connectivity index is 2.24. The lowest BCUT2D eigenvalue weighted by atomic mass is 10.1. The first-order valence-electron chi connectivity index (χ1n) is 5.60. The fourth-order valence-electron chi connectivity index (χ4n) is 1.67. The van der Waals surface area contributed by atoms with Gasteiger partial charge in [-0.15, -0.1) is 11.3 Å². The topological polar surface area (TPSA) is 67.3 Å². The molecule has 0 saturated heterocycles. The maximum absolute atomic E-state index is 12.2. The standard InChI is InChI=1S/C13H13NO3S2/c1-8-3-4-11(5-12(8)13(15)16)19(17)7-10-6-18-9(2)14-10/h3-6H,7H2,1-2H3,(H,15,16). The molecule has 1 aromatic heterocycles. The molecule has 0 aliphatic carbocycles. The van der Waals surface area contributed by atoms with Crippen LogP contribution in [-0.4, -0.2) is 20.3 Å². The van der Waals surface area contributed by atoms with Crippen LogP contribution < -0.4 is 0 Å². The van der Waals surface area contributed by atoms with Gasteiger partial charge in [0.05, 0.1) is 32.8 Å². The molecule has 0 aliphatic rings. The number of nitrogens with zero attached hydrogens (tertiary/aromatic N) is 1. The Morgan fingerprint density at radius 1 is 1.42 bits per heavy atom. The molecule has 2 aromatic rings. The van der Waals surface area contributed by atoms with Gasteiger partial charge in [-0.1, -0.05) is 6.07 Å². The van der Waals surface area contributed by atoms with E-state index in [-0.39, 0.29) is 5.56 Å². The van der Waals surface area contributed by atoms with Crippen molar-refractivity contribution in [2.24, 2.45) is 0 Å². The SMILES string of the molecule is Cc1nc(CS(=O)c2ccc(C)c(C(=O)O)c2)cs1. The number of hydrogen-bond acceptors (Lipinski definition) is 4. The summed E-state index contributed by atoms with van der Waals surface area (Å²) in [6, 6.07) is 4.87. The van der Waals surface area contributed by atoms with E-state index in [9.17, 15) is 9.00 Å². The molecule has 6 heteroatoms. The molecule has 1 atom stereocenters. The van der Waals surface area contributed by atoms with E-state index >= 15 is 0 Å². The fourth-order valence-corrected chi connectivity index (χ4v) is 3.44. The van der Waals surface area contributed by atoms with Crippen molar-refractivity contribution in [3.8, 4) is 0 Å². The van der Waals surface area contributed by atoms with Gasteiger partial charge in [-0.05, 0) is 31.5 Å². The first kappa shape index (κ1) is 13.9. The largest absolute Gasteiger partial charge is 0.478 e. The monoisotopic (exact) mass is 295 g/mol. The zero-order valence-corrected chi connectivity index (χ0v) is 12.2. The first-order valence-corrected chi connectivity index (χ1v) is 7.80. The number of carboxylic acid groups (broad SMARTS) is 1. The molecule has 100 valence electrons. The molecule has 4 nitrogen and oxygen atoms in total. The quantitative estimate of drug-likeness (QED) is 0.941. The van der Waals surface area contributed by atoms with Crippen molar-refractivity contribution >= 4 is 28.1 Å². The average Bonchev–Trinajstić information content (AvgIpc) is 2.74. The van der Waals surface area contributed by atoms with E-state index in [1.54, 1.807) is 19.1 Å². The Bertz CT molecular complexity index is 649. The summed E-state index contributed by atoms with van der Waals surface area (Å²) in [6.07, 6.45) is 0. The van der Waals surface area contributed by atoms with Crippen LogP contribution in [0.1, 0.15) is 26.6 Å². The second-order valence-corrected chi connectivity index (χ2v) is 6.64. The maximum Gasteiger partial charge on any atom is 0.335 e. The molecule has 19 heavy (non-hydrogen) atoms. The Morgan fingerprint density at radius 3 is 2.74 bits per heavy atom. The summed E-state index contributed by atoms with van der Waals surface area (Å²) in [6.45, 7) is 3.62. The summed E-state index contributed by atoms with van der Waals surface area (Å²) in [4.78, 5) is 15.8. The van der Waals surface area contributed by atoms with Crippen molar-refractivity contribution in [3.63, 3.8) is 0 Å². The lowest BCUT2D eigenvalue weighted by molar-refractivity contribution is 0.0696.